The number of benzene rings is 1. The predicted octanol–water partition coefficient (Wildman–Crippen LogP) is 4.02. The van der Waals surface area contributed by atoms with E-state index in [0.29, 0.717) is 25.5 Å². The molecule has 0 unspecified atom stereocenters. The first-order valence-corrected chi connectivity index (χ1v) is 11.0. The van der Waals surface area contributed by atoms with Gasteiger partial charge in [0.1, 0.15) is 18.1 Å². The quantitative estimate of drug-likeness (QED) is 0.505. The molecule has 1 aromatic carbocycles. The van der Waals surface area contributed by atoms with Crippen molar-refractivity contribution in [3.63, 3.8) is 0 Å². The fraction of sp³-hybridized carbons (Fsp3) is 0.400. The molecule has 4 rings (SSSR count). The van der Waals surface area contributed by atoms with Crippen LogP contribution in [-0.2, 0) is 29.0 Å². The third-order valence-electron chi connectivity index (χ3n) is 5.71. The van der Waals surface area contributed by atoms with Crippen molar-refractivity contribution in [2.24, 2.45) is 0 Å². The SMILES string of the molecule is Cc1noc(C)c1CC(=O)N(Cc1ccc(OC[C@@H]2CCCO2)cc1)Cc1cccnc1. The number of pyridine rings is 1. The van der Waals surface area contributed by atoms with Crippen LogP contribution in [0.15, 0.2) is 53.3 Å². The van der Waals surface area contributed by atoms with Crippen LogP contribution < -0.4 is 4.74 Å². The van der Waals surface area contributed by atoms with Crippen molar-refractivity contribution in [3.8, 4) is 5.75 Å². The number of carbonyl (C=O) groups is 1. The van der Waals surface area contributed by atoms with E-state index in [0.717, 1.165) is 47.6 Å². The lowest BCUT2D eigenvalue weighted by molar-refractivity contribution is -0.131. The molecule has 1 amide bonds. The van der Waals surface area contributed by atoms with Gasteiger partial charge in [-0.3, -0.25) is 9.78 Å². The van der Waals surface area contributed by atoms with E-state index in [-0.39, 0.29) is 18.4 Å². The fourth-order valence-corrected chi connectivity index (χ4v) is 3.84. The van der Waals surface area contributed by atoms with Crippen molar-refractivity contribution in [1.29, 1.82) is 0 Å². The number of ether oxygens (including phenoxy) is 2. The number of hydrogen-bond donors (Lipinski definition) is 0. The minimum atomic E-state index is 0.0157. The average Bonchev–Trinajstić information content (AvgIpc) is 3.44. The Labute approximate surface area is 188 Å². The van der Waals surface area contributed by atoms with Gasteiger partial charge in [-0.25, -0.2) is 0 Å². The lowest BCUT2D eigenvalue weighted by atomic mass is 10.1. The number of aryl methyl sites for hydroxylation is 2. The summed E-state index contributed by atoms with van der Waals surface area (Å²) in [5.74, 6) is 1.51. The molecule has 32 heavy (non-hydrogen) atoms. The topological polar surface area (TPSA) is 77.7 Å². The van der Waals surface area contributed by atoms with Crippen LogP contribution in [0.5, 0.6) is 5.75 Å². The number of hydrogen-bond acceptors (Lipinski definition) is 6. The molecule has 2 aromatic heterocycles. The van der Waals surface area contributed by atoms with E-state index < -0.39 is 0 Å². The highest BCUT2D eigenvalue weighted by atomic mass is 16.5. The molecule has 7 heteroatoms. The van der Waals surface area contributed by atoms with Gasteiger partial charge in [-0.1, -0.05) is 23.4 Å². The molecule has 0 bridgehead atoms. The second-order valence-electron chi connectivity index (χ2n) is 8.18. The summed E-state index contributed by atoms with van der Waals surface area (Å²) in [5, 5.41) is 3.97. The standard InChI is InChI=1S/C25H29N3O4/c1-18-24(19(2)32-27-18)13-25(29)28(16-21-5-3-11-26-14-21)15-20-7-9-22(10-8-20)31-17-23-6-4-12-30-23/h3,5,7-11,14,23H,4,6,12-13,15-17H2,1-2H3/t23-/m0/s1. The van der Waals surface area contributed by atoms with E-state index in [4.69, 9.17) is 14.0 Å². The maximum Gasteiger partial charge on any atom is 0.227 e. The Morgan fingerprint density at radius 3 is 2.62 bits per heavy atom. The third kappa shape index (κ3) is 5.73. The second kappa shape index (κ2) is 10.4. The van der Waals surface area contributed by atoms with Crippen molar-refractivity contribution in [3.05, 3.63) is 76.9 Å². The molecule has 1 fully saturated rings. The maximum atomic E-state index is 13.2. The Morgan fingerprint density at radius 2 is 1.97 bits per heavy atom. The zero-order valence-corrected chi connectivity index (χ0v) is 18.6. The van der Waals surface area contributed by atoms with Gasteiger partial charge >= 0.3 is 0 Å². The van der Waals surface area contributed by atoms with E-state index in [1.165, 1.54) is 0 Å². The van der Waals surface area contributed by atoms with Crippen LogP contribution in [0.4, 0.5) is 0 Å². The zero-order valence-electron chi connectivity index (χ0n) is 18.6. The van der Waals surface area contributed by atoms with Crippen LogP contribution in [-0.4, -0.2) is 40.3 Å². The number of nitrogens with zero attached hydrogens (tertiary/aromatic N) is 3. The van der Waals surface area contributed by atoms with Gasteiger partial charge in [-0.15, -0.1) is 0 Å². The molecule has 0 radical (unpaired) electrons. The molecular formula is C25H29N3O4. The largest absolute Gasteiger partial charge is 0.491 e. The Morgan fingerprint density at radius 1 is 1.16 bits per heavy atom. The summed E-state index contributed by atoms with van der Waals surface area (Å²) < 4.78 is 16.7. The second-order valence-corrected chi connectivity index (χ2v) is 8.18. The molecule has 0 aliphatic carbocycles. The summed E-state index contributed by atoms with van der Waals surface area (Å²) in [6.45, 7) is 6.06. The van der Waals surface area contributed by atoms with Gasteiger partial charge in [-0.2, -0.15) is 0 Å². The summed E-state index contributed by atoms with van der Waals surface area (Å²) >= 11 is 0. The van der Waals surface area contributed by atoms with E-state index >= 15 is 0 Å². The van der Waals surface area contributed by atoms with Gasteiger partial charge in [0.05, 0.1) is 18.2 Å². The van der Waals surface area contributed by atoms with E-state index in [1.54, 1.807) is 12.4 Å². The molecule has 3 aromatic rings. The molecule has 0 spiro atoms. The molecule has 168 valence electrons. The highest BCUT2D eigenvalue weighted by molar-refractivity contribution is 5.79. The molecule has 1 saturated heterocycles. The first-order valence-electron chi connectivity index (χ1n) is 11.0. The van der Waals surface area contributed by atoms with E-state index in [9.17, 15) is 4.79 Å². The minimum Gasteiger partial charge on any atom is -0.491 e. The maximum absolute atomic E-state index is 13.2. The predicted molar refractivity (Wildman–Crippen MR) is 119 cm³/mol. The van der Waals surface area contributed by atoms with Crippen LogP contribution in [0.25, 0.3) is 0 Å². The van der Waals surface area contributed by atoms with Crippen LogP contribution in [0, 0.1) is 13.8 Å². The summed E-state index contributed by atoms with van der Waals surface area (Å²) in [6, 6.07) is 11.8. The van der Waals surface area contributed by atoms with Crippen molar-refractivity contribution in [1.82, 2.24) is 15.0 Å². The monoisotopic (exact) mass is 435 g/mol. The van der Waals surface area contributed by atoms with Gasteiger partial charge in [0.15, 0.2) is 0 Å². The average molecular weight is 436 g/mol. The Balaban J connectivity index is 1.43. The van der Waals surface area contributed by atoms with Gasteiger partial charge < -0.3 is 18.9 Å². The molecule has 0 saturated carbocycles. The molecule has 1 aliphatic rings. The molecule has 1 aliphatic heterocycles. The number of aromatic nitrogens is 2. The van der Waals surface area contributed by atoms with Gasteiger partial charge in [0.25, 0.3) is 0 Å². The van der Waals surface area contributed by atoms with Gasteiger partial charge in [0.2, 0.25) is 5.91 Å². The molecule has 3 heterocycles. The van der Waals surface area contributed by atoms with E-state index in [2.05, 4.69) is 10.1 Å². The Bertz CT molecular complexity index is 992. The Kier molecular flexibility index (Phi) is 7.17. The fourth-order valence-electron chi connectivity index (χ4n) is 3.84. The lowest BCUT2D eigenvalue weighted by Crippen LogP contribution is -2.31. The van der Waals surface area contributed by atoms with Crippen molar-refractivity contribution in [2.75, 3.05) is 13.2 Å². The van der Waals surface area contributed by atoms with Gasteiger partial charge in [-0.05, 0) is 56.0 Å². The third-order valence-corrected chi connectivity index (χ3v) is 5.71. The normalized spacial score (nSPS) is 15.6. The van der Waals surface area contributed by atoms with Gasteiger partial charge in [0, 0.05) is 37.7 Å². The van der Waals surface area contributed by atoms with Crippen molar-refractivity contribution >= 4 is 5.91 Å². The summed E-state index contributed by atoms with van der Waals surface area (Å²) in [6.07, 6.45) is 6.11. The minimum absolute atomic E-state index is 0.0157. The zero-order chi connectivity index (χ0) is 22.3. The summed E-state index contributed by atoms with van der Waals surface area (Å²) in [4.78, 5) is 19.3. The summed E-state index contributed by atoms with van der Waals surface area (Å²) in [5.41, 5.74) is 3.62. The number of amides is 1. The van der Waals surface area contributed by atoms with Crippen LogP contribution in [0.1, 0.15) is 41.0 Å². The van der Waals surface area contributed by atoms with Crippen LogP contribution in [0.2, 0.25) is 0 Å². The van der Waals surface area contributed by atoms with Crippen molar-refractivity contribution < 1.29 is 18.8 Å². The Hall–Kier alpha value is -3.19. The molecular weight excluding hydrogens is 406 g/mol. The lowest BCUT2D eigenvalue weighted by Gasteiger charge is -2.23. The number of rotatable bonds is 9. The molecule has 7 nitrogen and oxygen atoms in total. The molecule has 0 N–H and O–H groups in total. The highest BCUT2D eigenvalue weighted by Crippen LogP contribution is 2.20. The van der Waals surface area contributed by atoms with Crippen LogP contribution >= 0.6 is 0 Å². The molecule has 1 atom stereocenters. The van der Waals surface area contributed by atoms with Crippen molar-refractivity contribution in [2.45, 2.75) is 52.3 Å². The van der Waals surface area contributed by atoms with E-state index in [1.807, 2.05) is 55.1 Å². The first-order chi connectivity index (χ1) is 15.6. The highest BCUT2D eigenvalue weighted by Gasteiger charge is 2.20. The first kappa shape index (κ1) is 22.0. The number of carbonyl (C=O) groups excluding carboxylic acids is 1. The van der Waals surface area contributed by atoms with Crippen LogP contribution in [0.3, 0.4) is 0 Å². The summed E-state index contributed by atoms with van der Waals surface area (Å²) in [7, 11) is 0. The smallest absolute Gasteiger partial charge is 0.227 e.